The minimum absolute atomic E-state index is 0.0482. The summed E-state index contributed by atoms with van der Waals surface area (Å²) in [5.74, 6) is 2.21. The molecule has 6 nitrogen and oxygen atoms in total. The second-order valence-corrected chi connectivity index (χ2v) is 7.16. The van der Waals surface area contributed by atoms with Crippen molar-refractivity contribution in [3.8, 4) is 0 Å². The fraction of sp³-hybridized carbons (Fsp3) is 0.526. The lowest BCUT2D eigenvalue weighted by molar-refractivity contribution is 0.159. The number of amides is 2. The number of anilines is 1. The number of carbonyl (C=O) groups excluding carboxylic acids is 1. The van der Waals surface area contributed by atoms with Crippen LogP contribution in [0.25, 0.3) is 0 Å². The van der Waals surface area contributed by atoms with E-state index in [0.717, 1.165) is 37.3 Å². The number of H-pyrrole nitrogens is 1. The monoisotopic (exact) mass is 339 g/mol. The maximum Gasteiger partial charge on any atom is 0.322 e. The van der Waals surface area contributed by atoms with Gasteiger partial charge in [-0.15, -0.1) is 0 Å². The van der Waals surface area contributed by atoms with Crippen molar-refractivity contribution < 1.29 is 4.79 Å². The molecule has 1 saturated carbocycles. The van der Waals surface area contributed by atoms with Gasteiger partial charge in [0.15, 0.2) is 5.82 Å². The highest BCUT2D eigenvalue weighted by molar-refractivity contribution is 5.89. The van der Waals surface area contributed by atoms with Gasteiger partial charge >= 0.3 is 6.03 Å². The summed E-state index contributed by atoms with van der Waals surface area (Å²) < 4.78 is 0. The minimum Gasteiger partial charge on any atom is -0.314 e. The zero-order valence-electron chi connectivity index (χ0n) is 14.7. The number of urea groups is 1. The third-order valence-corrected chi connectivity index (χ3v) is 5.41. The van der Waals surface area contributed by atoms with Crippen LogP contribution >= 0.6 is 0 Å². The molecule has 4 rings (SSSR count). The van der Waals surface area contributed by atoms with Crippen LogP contribution in [0.15, 0.2) is 24.3 Å². The van der Waals surface area contributed by atoms with Gasteiger partial charge in [0, 0.05) is 12.2 Å². The van der Waals surface area contributed by atoms with Crippen LogP contribution in [-0.2, 0) is 0 Å². The number of carbonyl (C=O) groups is 1. The Balaban J connectivity index is 1.45. The van der Waals surface area contributed by atoms with E-state index in [0.29, 0.717) is 11.7 Å². The van der Waals surface area contributed by atoms with Gasteiger partial charge in [0.1, 0.15) is 5.82 Å². The molecule has 1 saturated heterocycles. The molecule has 1 aromatic carbocycles. The first-order valence-electron chi connectivity index (χ1n) is 9.27. The van der Waals surface area contributed by atoms with E-state index in [1.165, 1.54) is 24.8 Å². The normalized spacial score (nSPS) is 21.0. The summed E-state index contributed by atoms with van der Waals surface area (Å²) in [6.45, 7) is 2.62. The maximum atomic E-state index is 12.8. The molecular weight excluding hydrogens is 314 g/mol. The van der Waals surface area contributed by atoms with Crippen LogP contribution in [0.1, 0.15) is 67.7 Å². The van der Waals surface area contributed by atoms with E-state index in [2.05, 4.69) is 32.6 Å². The Hall–Kier alpha value is -2.37. The lowest BCUT2D eigenvalue weighted by atomic mass is 9.80. The largest absolute Gasteiger partial charge is 0.322 e. The lowest BCUT2D eigenvalue weighted by Crippen LogP contribution is -2.41. The first-order chi connectivity index (χ1) is 12.2. The van der Waals surface area contributed by atoms with Crippen LogP contribution < -0.4 is 5.32 Å². The number of nitrogens with one attached hydrogen (secondary N) is 2. The first-order valence-corrected chi connectivity index (χ1v) is 9.27. The van der Waals surface area contributed by atoms with Crippen molar-refractivity contribution in [2.24, 2.45) is 0 Å². The first kappa shape index (κ1) is 16.1. The fourth-order valence-electron chi connectivity index (χ4n) is 3.73. The molecule has 6 heteroatoms. The molecule has 1 unspecified atom stereocenters. The molecule has 2 N–H and O–H groups in total. The van der Waals surface area contributed by atoms with Crippen molar-refractivity contribution in [2.45, 2.75) is 57.4 Å². The molecule has 2 heterocycles. The van der Waals surface area contributed by atoms with Crippen molar-refractivity contribution in [3.05, 3.63) is 41.5 Å². The number of aromatic amines is 1. The highest BCUT2D eigenvalue weighted by Crippen LogP contribution is 2.36. The molecule has 2 aromatic rings. The average Bonchev–Trinajstić information content (AvgIpc) is 3.01. The Kier molecular flexibility index (Phi) is 4.42. The standard InChI is InChI=1S/C19H25N5O/c1-13-20-18(23-22-13)17-7-2-3-12-24(17)19(25)21-16-10-8-15(9-11-16)14-5-4-6-14/h8-11,14,17H,2-7,12H2,1H3,(H,21,25)(H,20,22,23). The van der Waals surface area contributed by atoms with E-state index in [9.17, 15) is 4.79 Å². The van der Waals surface area contributed by atoms with Gasteiger partial charge in [-0.2, -0.15) is 5.10 Å². The second-order valence-electron chi connectivity index (χ2n) is 7.16. The van der Waals surface area contributed by atoms with E-state index >= 15 is 0 Å². The Morgan fingerprint density at radius 3 is 2.60 bits per heavy atom. The van der Waals surface area contributed by atoms with Gasteiger partial charge in [-0.1, -0.05) is 18.6 Å². The molecule has 2 amide bonds. The Bertz CT molecular complexity index is 735. The van der Waals surface area contributed by atoms with Gasteiger partial charge in [-0.25, -0.2) is 9.78 Å². The number of nitrogens with zero attached hydrogens (tertiary/aromatic N) is 3. The predicted molar refractivity (Wildman–Crippen MR) is 96.5 cm³/mol. The number of aryl methyl sites for hydroxylation is 1. The number of likely N-dealkylation sites (tertiary alicyclic amines) is 1. The fourth-order valence-corrected chi connectivity index (χ4v) is 3.73. The Morgan fingerprint density at radius 1 is 1.16 bits per heavy atom. The third-order valence-electron chi connectivity index (χ3n) is 5.41. The molecule has 1 aliphatic carbocycles. The molecule has 0 spiro atoms. The van der Waals surface area contributed by atoms with Gasteiger partial charge in [-0.3, -0.25) is 5.10 Å². The molecule has 2 aliphatic rings. The Labute approximate surface area is 148 Å². The van der Waals surface area contributed by atoms with Crippen molar-refractivity contribution in [3.63, 3.8) is 0 Å². The molecule has 1 aliphatic heterocycles. The molecule has 0 radical (unpaired) electrons. The van der Waals surface area contributed by atoms with Crippen LogP contribution in [0.5, 0.6) is 0 Å². The van der Waals surface area contributed by atoms with Gasteiger partial charge in [0.25, 0.3) is 0 Å². The van der Waals surface area contributed by atoms with E-state index in [-0.39, 0.29) is 12.1 Å². The van der Waals surface area contributed by atoms with E-state index in [1.807, 2.05) is 24.0 Å². The van der Waals surface area contributed by atoms with Crippen LogP contribution in [-0.4, -0.2) is 32.7 Å². The highest BCUT2D eigenvalue weighted by Gasteiger charge is 2.30. The number of hydrogen-bond acceptors (Lipinski definition) is 3. The summed E-state index contributed by atoms with van der Waals surface area (Å²) in [5.41, 5.74) is 2.24. The van der Waals surface area contributed by atoms with Gasteiger partial charge < -0.3 is 10.2 Å². The molecular formula is C19H25N5O. The highest BCUT2D eigenvalue weighted by atomic mass is 16.2. The predicted octanol–water partition coefficient (Wildman–Crippen LogP) is 4.14. The van der Waals surface area contributed by atoms with Crippen molar-refractivity contribution in [1.82, 2.24) is 20.1 Å². The number of benzene rings is 1. The van der Waals surface area contributed by atoms with Crippen LogP contribution in [0.3, 0.4) is 0 Å². The van der Waals surface area contributed by atoms with Crippen molar-refractivity contribution in [2.75, 3.05) is 11.9 Å². The van der Waals surface area contributed by atoms with Gasteiger partial charge in [-0.05, 0) is 62.6 Å². The van der Waals surface area contributed by atoms with Gasteiger partial charge in [0.05, 0.1) is 6.04 Å². The van der Waals surface area contributed by atoms with Crippen LogP contribution in [0, 0.1) is 6.92 Å². The summed E-state index contributed by atoms with van der Waals surface area (Å²) in [7, 11) is 0. The summed E-state index contributed by atoms with van der Waals surface area (Å²) in [5, 5.41) is 10.2. The maximum absolute atomic E-state index is 12.8. The average molecular weight is 339 g/mol. The summed E-state index contributed by atoms with van der Waals surface area (Å²) >= 11 is 0. The molecule has 1 atom stereocenters. The summed E-state index contributed by atoms with van der Waals surface area (Å²) in [4.78, 5) is 19.1. The lowest BCUT2D eigenvalue weighted by Gasteiger charge is -2.34. The zero-order valence-corrected chi connectivity index (χ0v) is 14.7. The second kappa shape index (κ2) is 6.86. The van der Waals surface area contributed by atoms with Crippen LogP contribution in [0.2, 0.25) is 0 Å². The van der Waals surface area contributed by atoms with Crippen molar-refractivity contribution in [1.29, 1.82) is 0 Å². The smallest absolute Gasteiger partial charge is 0.314 e. The molecule has 1 aromatic heterocycles. The topological polar surface area (TPSA) is 73.9 Å². The summed E-state index contributed by atoms with van der Waals surface area (Å²) in [6.07, 6.45) is 6.94. The number of aromatic nitrogens is 3. The molecule has 25 heavy (non-hydrogen) atoms. The summed E-state index contributed by atoms with van der Waals surface area (Å²) in [6, 6.07) is 8.21. The number of hydrogen-bond donors (Lipinski definition) is 2. The van der Waals surface area contributed by atoms with Crippen LogP contribution in [0.4, 0.5) is 10.5 Å². The minimum atomic E-state index is -0.0662. The quantitative estimate of drug-likeness (QED) is 0.882. The molecule has 2 fully saturated rings. The van der Waals surface area contributed by atoms with Gasteiger partial charge in [0.2, 0.25) is 0 Å². The molecule has 0 bridgehead atoms. The Morgan fingerprint density at radius 2 is 1.96 bits per heavy atom. The van der Waals surface area contributed by atoms with E-state index < -0.39 is 0 Å². The SMILES string of the molecule is Cc1nc(C2CCCCN2C(=O)Nc2ccc(C3CCC3)cc2)n[nH]1. The molecule has 132 valence electrons. The number of piperidine rings is 1. The number of rotatable bonds is 3. The third kappa shape index (κ3) is 3.38. The zero-order chi connectivity index (χ0) is 17.2. The van der Waals surface area contributed by atoms with E-state index in [1.54, 1.807) is 0 Å². The van der Waals surface area contributed by atoms with Crippen molar-refractivity contribution >= 4 is 11.7 Å². The van der Waals surface area contributed by atoms with E-state index in [4.69, 9.17) is 0 Å².